The van der Waals surface area contributed by atoms with Crippen LogP contribution < -0.4 is 0 Å². The highest BCUT2D eigenvalue weighted by Crippen LogP contribution is 2.24. The third-order valence-corrected chi connectivity index (χ3v) is 5.10. The van der Waals surface area contributed by atoms with E-state index in [9.17, 15) is 9.00 Å². The Morgan fingerprint density at radius 1 is 0.875 bits per heavy atom. The highest BCUT2D eigenvalue weighted by atomic mass is 32.2. The van der Waals surface area contributed by atoms with Gasteiger partial charge in [-0.3, -0.25) is 8.37 Å². The molecular weight excluding hydrogens is 328 g/mol. The number of hydrogen-bond acceptors (Lipinski definition) is 5. The van der Waals surface area contributed by atoms with Crippen LogP contribution in [0.15, 0.2) is 0 Å². The predicted molar refractivity (Wildman–Crippen MR) is 95.6 cm³/mol. The van der Waals surface area contributed by atoms with E-state index >= 15 is 0 Å². The predicted octanol–water partition coefficient (Wildman–Crippen LogP) is 4.61. The van der Waals surface area contributed by atoms with Gasteiger partial charge < -0.3 is 4.74 Å². The normalized spacial score (nSPS) is 23.5. The van der Waals surface area contributed by atoms with E-state index in [1.807, 2.05) is 0 Å². The second kappa shape index (κ2) is 13.8. The van der Waals surface area contributed by atoms with Gasteiger partial charge in [0.2, 0.25) is 6.10 Å². The fourth-order valence-electron chi connectivity index (χ4n) is 2.95. The van der Waals surface area contributed by atoms with Crippen molar-refractivity contribution in [3.05, 3.63) is 0 Å². The number of hydrogen-bond donors (Lipinski definition) is 0. The van der Waals surface area contributed by atoms with Gasteiger partial charge in [0.1, 0.15) is 6.10 Å². The molecule has 1 saturated heterocycles. The first-order valence-corrected chi connectivity index (χ1v) is 10.6. The lowest BCUT2D eigenvalue weighted by atomic mass is 10.0. The van der Waals surface area contributed by atoms with Crippen molar-refractivity contribution >= 4 is 17.3 Å². The molecule has 0 aliphatic carbocycles. The van der Waals surface area contributed by atoms with Gasteiger partial charge in [0, 0.05) is 0 Å². The number of carbonyl (C=O) groups is 1. The average Bonchev–Trinajstić information content (AvgIpc) is 2.94. The minimum atomic E-state index is -1.82. The maximum atomic E-state index is 11.7. The van der Waals surface area contributed by atoms with Crippen LogP contribution in [0, 0.1) is 0 Å². The van der Waals surface area contributed by atoms with Crippen LogP contribution >= 0.6 is 0 Å². The van der Waals surface area contributed by atoms with Gasteiger partial charge in [-0.1, -0.05) is 77.6 Å². The van der Waals surface area contributed by atoms with Crippen molar-refractivity contribution in [1.29, 1.82) is 0 Å². The van der Waals surface area contributed by atoms with Crippen LogP contribution in [-0.4, -0.2) is 29.0 Å². The Kier molecular flexibility index (Phi) is 12.4. The number of esters is 1. The molecule has 0 spiro atoms. The summed E-state index contributed by atoms with van der Waals surface area (Å²) in [4.78, 5) is 11.7. The third kappa shape index (κ3) is 9.14. The summed E-state index contributed by atoms with van der Waals surface area (Å²) in [5.41, 5.74) is 0. The van der Waals surface area contributed by atoms with Crippen molar-refractivity contribution in [1.82, 2.24) is 0 Å². The van der Waals surface area contributed by atoms with Gasteiger partial charge in [-0.05, 0) is 13.3 Å². The summed E-state index contributed by atoms with van der Waals surface area (Å²) in [5.74, 6) is -0.476. The largest absolute Gasteiger partial charge is 0.464 e. The Morgan fingerprint density at radius 3 is 1.96 bits per heavy atom. The number of rotatable bonds is 14. The first-order chi connectivity index (χ1) is 11.7. The molecule has 0 bridgehead atoms. The summed E-state index contributed by atoms with van der Waals surface area (Å²) in [6, 6.07) is 0. The molecule has 3 atom stereocenters. The van der Waals surface area contributed by atoms with Crippen LogP contribution in [0.3, 0.4) is 0 Å². The molecule has 142 valence electrons. The van der Waals surface area contributed by atoms with E-state index in [0.717, 1.165) is 12.8 Å². The smallest absolute Gasteiger partial charge is 0.339 e. The summed E-state index contributed by atoms with van der Waals surface area (Å²) < 4.78 is 26.5. The van der Waals surface area contributed by atoms with Crippen molar-refractivity contribution in [3.8, 4) is 0 Å². The van der Waals surface area contributed by atoms with Crippen molar-refractivity contribution < 1.29 is 22.1 Å². The van der Waals surface area contributed by atoms with Gasteiger partial charge >= 0.3 is 17.3 Å². The molecule has 1 aliphatic rings. The minimum Gasteiger partial charge on any atom is -0.464 e. The second-order valence-electron chi connectivity index (χ2n) is 6.43. The van der Waals surface area contributed by atoms with Crippen LogP contribution in [0.4, 0.5) is 0 Å². The number of carbonyl (C=O) groups excluding carboxylic acids is 1. The summed E-state index contributed by atoms with van der Waals surface area (Å²) in [5, 5.41) is 0. The number of ether oxygens (including phenoxy) is 1. The van der Waals surface area contributed by atoms with Gasteiger partial charge in [0.05, 0.1) is 6.61 Å². The first kappa shape index (κ1) is 21.6. The van der Waals surface area contributed by atoms with Crippen LogP contribution in [-0.2, 0) is 29.3 Å². The quantitative estimate of drug-likeness (QED) is 0.333. The van der Waals surface area contributed by atoms with Crippen molar-refractivity contribution in [2.45, 2.75) is 103 Å². The molecule has 0 aromatic carbocycles. The molecule has 0 aromatic rings. The van der Waals surface area contributed by atoms with E-state index in [1.54, 1.807) is 6.92 Å². The molecule has 1 fully saturated rings. The molecular formula is C18H34O5S. The highest BCUT2D eigenvalue weighted by molar-refractivity contribution is 7.75. The molecule has 1 rings (SSSR count). The van der Waals surface area contributed by atoms with Crippen molar-refractivity contribution in [2.75, 3.05) is 6.61 Å². The fraction of sp³-hybridized carbons (Fsp3) is 0.944. The standard InChI is InChI=1S/C18H34O5S/c1-3-5-6-7-8-9-10-11-12-13-14-15-16-17(18(19)21-4-2)23-24(20)22-16/h16-17H,3-15H2,1-2H3/t16-,17+,24?/m1/s1. The van der Waals surface area contributed by atoms with Crippen LogP contribution in [0.25, 0.3) is 0 Å². The third-order valence-electron chi connectivity index (χ3n) is 4.33. The summed E-state index contributed by atoms with van der Waals surface area (Å²) in [6.07, 6.45) is 13.4. The Hall–Kier alpha value is -0.460. The van der Waals surface area contributed by atoms with E-state index in [1.165, 1.54) is 57.8 Å². The number of unbranched alkanes of at least 4 members (excludes halogenated alkanes) is 10. The minimum absolute atomic E-state index is 0.288. The van der Waals surface area contributed by atoms with Crippen LogP contribution in [0.5, 0.6) is 0 Å². The summed E-state index contributed by atoms with van der Waals surface area (Å²) in [7, 11) is 0. The lowest BCUT2D eigenvalue weighted by Crippen LogP contribution is -2.33. The van der Waals surface area contributed by atoms with Gasteiger partial charge in [-0.15, -0.1) is 0 Å². The maximum Gasteiger partial charge on any atom is 0.339 e. The molecule has 5 nitrogen and oxygen atoms in total. The molecule has 1 unspecified atom stereocenters. The van der Waals surface area contributed by atoms with Gasteiger partial charge in [-0.2, -0.15) is 4.21 Å². The summed E-state index contributed by atoms with van der Waals surface area (Å²) >= 11 is -1.82. The van der Waals surface area contributed by atoms with E-state index in [2.05, 4.69) is 6.92 Å². The molecule has 0 radical (unpaired) electrons. The first-order valence-electron chi connectivity index (χ1n) is 9.61. The zero-order valence-corrected chi connectivity index (χ0v) is 16.1. The Bertz CT molecular complexity index is 361. The topological polar surface area (TPSA) is 61.8 Å². The van der Waals surface area contributed by atoms with Gasteiger partial charge in [0.15, 0.2) is 0 Å². The van der Waals surface area contributed by atoms with E-state index < -0.39 is 29.5 Å². The Balaban J connectivity index is 2.01. The van der Waals surface area contributed by atoms with E-state index in [0.29, 0.717) is 6.42 Å². The molecule has 0 N–H and O–H groups in total. The van der Waals surface area contributed by atoms with Crippen LogP contribution in [0.2, 0.25) is 0 Å². The SMILES string of the molecule is CCCCCCCCCCCCC[C@H]1OS(=O)O[C@@H]1C(=O)OCC. The lowest BCUT2D eigenvalue weighted by Gasteiger charge is -2.13. The second-order valence-corrected chi connectivity index (χ2v) is 7.23. The van der Waals surface area contributed by atoms with Crippen molar-refractivity contribution in [3.63, 3.8) is 0 Å². The Labute approximate surface area is 149 Å². The zero-order chi connectivity index (χ0) is 17.6. The molecule has 24 heavy (non-hydrogen) atoms. The van der Waals surface area contributed by atoms with Crippen molar-refractivity contribution in [2.24, 2.45) is 0 Å². The molecule has 1 aliphatic heterocycles. The van der Waals surface area contributed by atoms with E-state index in [4.69, 9.17) is 13.1 Å². The van der Waals surface area contributed by atoms with Crippen LogP contribution in [0.1, 0.15) is 90.9 Å². The molecule has 0 aromatic heterocycles. The molecule has 6 heteroatoms. The van der Waals surface area contributed by atoms with Gasteiger partial charge in [-0.25, -0.2) is 4.79 Å². The average molecular weight is 363 g/mol. The van der Waals surface area contributed by atoms with Gasteiger partial charge in [0.25, 0.3) is 0 Å². The monoisotopic (exact) mass is 362 g/mol. The zero-order valence-electron chi connectivity index (χ0n) is 15.3. The molecule has 0 saturated carbocycles. The van der Waals surface area contributed by atoms with E-state index in [-0.39, 0.29) is 6.61 Å². The maximum absolute atomic E-state index is 11.7. The fourth-order valence-corrected chi connectivity index (χ4v) is 3.76. The summed E-state index contributed by atoms with van der Waals surface area (Å²) in [6.45, 7) is 4.27. The highest BCUT2D eigenvalue weighted by Gasteiger charge is 2.41. The molecule has 1 heterocycles. The molecule has 0 amide bonds. The lowest BCUT2D eigenvalue weighted by molar-refractivity contribution is -0.152. The Morgan fingerprint density at radius 2 is 1.42 bits per heavy atom.